The monoisotopic (exact) mass is 451 g/mol. The number of rotatable bonds is 7. The number of hydrogen-bond donors (Lipinski definition) is 4. The standard InChI is InChI=1S/C20H30ClN7O3/c1-30-9-2-6-28-7-3-12(4-8-28)25-18(29)14-11-15(21)16(13-5-10-31-17(13)14)26-20(24)27-19(22)23/h11-12H,2-10H2,1H3,(H,25,29)(H6,22,23,24,26,27). The maximum Gasteiger partial charge on any atom is 0.255 e. The van der Waals surface area contributed by atoms with Gasteiger partial charge in [0.2, 0.25) is 5.96 Å². The van der Waals surface area contributed by atoms with Crippen LogP contribution in [0.1, 0.15) is 35.2 Å². The van der Waals surface area contributed by atoms with Gasteiger partial charge in [0.25, 0.3) is 5.91 Å². The van der Waals surface area contributed by atoms with Crippen LogP contribution in [0.4, 0.5) is 5.69 Å². The first kappa shape index (κ1) is 23.1. The number of ether oxygens (including phenoxy) is 2. The lowest BCUT2D eigenvalue weighted by atomic mass is 10.0. The van der Waals surface area contributed by atoms with Crippen LogP contribution in [0.5, 0.6) is 5.75 Å². The van der Waals surface area contributed by atoms with Crippen molar-refractivity contribution in [3.63, 3.8) is 0 Å². The van der Waals surface area contributed by atoms with Gasteiger partial charge in [-0.15, -0.1) is 0 Å². The Morgan fingerprint density at radius 1 is 1.35 bits per heavy atom. The first-order valence-electron chi connectivity index (χ1n) is 10.3. The molecular formula is C20H30ClN7O3. The summed E-state index contributed by atoms with van der Waals surface area (Å²) in [6.07, 6.45) is 3.36. The third-order valence-corrected chi connectivity index (χ3v) is 5.65. The molecule has 1 aromatic rings. The molecule has 170 valence electrons. The average molecular weight is 452 g/mol. The van der Waals surface area contributed by atoms with Crippen LogP contribution in [0.25, 0.3) is 0 Å². The molecule has 0 spiro atoms. The van der Waals surface area contributed by atoms with Crippen molar-refractivity contribution in [3.05, 3.63) is 22.2 Å². The van der Waals surface area contributed by atoms with E-state index in [0.29, 0.717) is 30.0 Å². The zero-order chi connectivity index (χ0) is 22.4. The summed E-state index contributed by atoms with van der Waals surface area (Å²) in [5.74, 6) is -0.0442. The Hall–Kier alpha value is -2.56. The molecule has 7 N–H and O–H groups in total. The molecule has 2 heterocycles. The van der Waals surface area contributed by atoms with Gasteiger partial charge in [-0.2, -0.15) is 4.99 Å². The van der Waals surface area contributed by atoms with Gasteiger partial charge in [-0.25, -0.2) is 4.99 Å². The lowest BCUT2D eigenvalue weighted by molar-refractivity contribution is 0.0904. The maximum absolute atomic E-state index is 13.0. The lowest BCUT2D eigenvalue weighted by Crippen LogP contribution is -2.45. The van der Waals surface area contributed by atoms with Crippen LogP contribution >= 0.6 is 11.6 Å². The van der Waals surface area contributed by atoms with Crippen molar-refractivity contribution in [2.75, 3.05) is 40.0 Å². The fraction of sp³-hybridized carbons (Fsp3) is 0.550. The van der Waals surface area contributed by atoms with E-state index in [9.17, 15) is 4.79 Å². The van der Waals surface area contributed by atoms with Gasteiger partial charge < -0.3 is 36.9 Å². The Morgan fingerprint density at radius 2 is 2.10 bits per heavy atom. The number of amides is 1. The normalized spacial score (nSPS) is 17.2. The summed E-state index contributed by atoms with van der Waals surface area (Å²) < 4.78 is 10.8. The summed E-state index contributed by atoms with van der Waals surface area (Å²) in [6.45, 7) is 4.10. The number of nitrogens with one attached hydrogen (secondary N) is 1. The number of nitrogens with two attached hydrogens (primary N) is 3. The van der Waals surface area contributed by atoms with Crippen LogP contribution in [0.3, 0.4) is 0 Å². The van der Waals surface area contributed by atoms with Crippen molar-refractivity contribution in [1.29, 1.82) is 0 Å². The number of hydrogen-bond acceptors (Lipinski definition) is 5. The van der Waals surface area contributed by atoms with Crippen molar-refractivity contribution in [2.24, 2.45) is 27.2 Å². The van der Waals surface area contributed by atoms with Crippen molar-refractivity contribution in [3.8, 4) is 5.75 Å². The second-order valence-corrected chi connectivity index (χ2v) is 8.01. The Bertz CT molecular complexity index is 863. The molecule has 1 amide bonds. The van der Waals surface area contributed by atoms with Gasteiger partial charge >= 0.3 is 0 Å². The molecule has 3 rings (SSSR count). The Labute approximate surface area is 186 Å². The van der Waals surface area contributed by atoms with Crippen molar-refractivity contribution in [2.45, 2.75) is 31.7 Å². The third-order valence-electron chi connectivity index (χ3n) is 5.36. The molecule has 0 radical (unpaired) electrons. The second kappa shape index (κ2) is 10.7. The number of nitrogens with zero attached hydrogens (tertiary/aromatic N) is 3. The zero-order valence-electron chi connectivity index (χ0n) is 17.7. The van der Waals surface area contributed by atoms with Crippen LogP contribution in [0, 0.1) is 0 Å². The minimum atomic E-state index is -0.203. The molecule has 10 nitrogen and oxygen atoms in total. The van der Waals surface area contributed by atoms with Crippen LogP contribution < -0.4 is 27.3 Å². The largest absolute Gasteiger partial charge is 0.492 e. The number of fused-ring (bicyclic) bond motifs is 1. The fourth-order valence-electron chi connectivity index (χ4n) is 3.88. The van der Waals surface area contributed by atoms with Crippen molar-refractivity contribution >= 4 is 35.1 Å². The fourth-order valence-corrected chi connectivity index (χ4v) is 4.15. The maximum atomic E-state index is 13.0. The van der Waals surface area contributed by atoms with E-state index < -0.39 is 0 Å². The zero-order valence-corrected chi connectivity index (χ0v) is 18.5. The SMILES string of the molecule is COCCCN1CCC(NC(=O)c2cc(Cl)c(N=C(N)N=C(N)N)c3c2OCC3)CC1. The van der Waals surface area contributed by atoms with Crippen LogP contribution in [0.2, 0.25) is 5.02 Å². The Morgan fingerprint density at radius 3 is 2.77 bits per heavy atom. The predicted molar refractivity (Wildman–Crippen MR) is 121 cm³/mol. The molecule has 11 heteroatoms. The van der Waals surface area contributed by atoms with E-state index in [1.165, 1.54) is 0 Å². The molecule has 2 aliphatic heterocycles. The summed E-state index contributed by atoms with van der Waals surface area (Å²) in [7, 11) is 1.71. The molecule has 0 bridgehead atoms. The Kier molecular flexibility index (Phi) is 7.94. The van der Waals surface area contributed by atoms with E-state index in [1.807, 2.05) is 0 Å². The number of carbonyl (C=O) groups is 1. The molecule has 0 unspecified atom stereocenters. The van der Waals surface area contributed by atoms with Crippen LogP contribution in [-0.2, 0) is 11.2 Å². The highest BCUT2D eigenvalue weighted by molar-refractivity contribution is 6.34. The summed E-state index contributed by atoms with van der Waals surface area (Å²) >= 11 is 6.43. The number of halogens is 1. The highest BCUT2D eigenvalue weighted by atomic mass is 35.5. The van der Waals surface area contributed by atoms with Crippen LogP contribution in [0.15, 0.2) is 16.1 Å². The third kappa shape index (κ3) is 5.99. The number of methoxy groups -OCH3 is 1. The summed E-state index contributed by atoms with van der Waals surface area (Å²) in [5.41, 5.74) is 18.0. The molecule has 0 saturated carbocycles. The lowest BCUT2D eigenvalue weighted by Gasteiger charge is -2.32. The predicted octanol–water partition coefficient (Wildman–Crippen LogP) is 0.725. The molecule has 1 aromatic carbocycles. The van der Waals surface area contributed by atoms with Gasteiger partial charge in [0.05, 0.1) is 22.9 Å². The number of guanidine groups is 2. The first-order valence-corrected chi connectivity index (χ1v) is 10.7. The summed E-state index contributed by atoms with van der Waals surface area (Å²) in [5, 5.41) is 3.41. The van der Waals surface area contributed by atoms with Gasteiger partial charge in [-0.3, -0.25) is 4.79 Å². The van der Waals surface area contributed by atoms with Crippen molar-refractivity contribution < 1.29 is 14.3 Å². The molecule has 0 aliphatic carbocycles. The van der Waals surface area contributed by atoms with Gasteiger partial charge in [0.15, 0.2) is 5.96 Å². The van der Waals surface area contributed by atoms with Gasteiger partial charge in [0, 0.05) is 51.4 Å². The van der Waals surface area contributed by atoms with E-state index in [2.05, 4.69) is 20.2 Å². The highest BCUT2D eigenvalue weighted by Crippen LogP contribution is 2.42. The second-order valence-electron chi connectivity index (χ2n) is 7.60. The van der Waals surface area contributed by atoms with Crippen molar-refractivity contribution in [1.82, 2.24) is 10.2 Å². The van der Waals surface area contributed by atoms with Gasteiger partial charge in [0.1, 0.15) is 5.75 Å². The van der Waals surface area contributed by atoms with E-state index in [-0.39, 0.29) is 28.9 Å². The van der Waals surface area contributed by atoms with E-state index in [1.54, 1.807) is 13.2 Å². The van der Waals surface area contributed by atoms with E-state index >= 15 is 0 Å². The molecule has 0 atom stereocenters. The number of benzene rings is 1. The summed E-state index contributed by atoms with van der Waals surface area (Å²) in [4.78, 5) is 23.3. The average Bonchev–Trinajstić information content (AvgIpc) is 3.20. The summed E-state index contributed by atoms with van der Waals surface area (Å²) in [6, 6.07) is 1.67. The first-order chi connectivity index (χ1) is 14.9. The van der Waals surface area contributed by atoms with Gasteiger partial charge in [-0.1, -0.05) is 11.6 Å². The smallest absolute Gasteiger partial charge is 0.255 e. The number of aliphatic imine (C=N–C) groups is 2. The molecule has 1 fully saturated rings. The van der Waals surface area contributed by atoms with E-state index in [4.69, 9.17) is 38.3 Å². The number of piperidine rings is 1. The minimum Gasteiger partial charge on any atom is -0.492 e. The Balaban J connectivity index is 1.70. The quantitative estimate of drug-likeness (QED) is 0.270. The molecule has 1 saturated heterocycles. The highest BCUT2D eigenvalue weighted by Gasteiger charge is 2.28. The molecule has 31 heavy (non-hydrogen) atoms. The number of likely N-dealkylation sites (tertiary alicyclic amines) is 1. The van der Waals surface area contributed by atoms with Gasteiger partial charge in [-0.05, 0) is 25.3 Å². The topological polar surface area (TPSA) is 154 Å². The number of carbonyl (C=O) groups excluding carboxylic acids is 1. The minimum absolute atomic E-state index is 0.109. The molecular weight excluding hydrogens is 422 g/mol. The molecule has 2 aliphatic rings. The van der Waals surface area contributed by atoms with Crippen LogP contribution in [-0.4, -0.2) is 68.7 Å². The molecule has 0 aromatic heterocycles. The van der Waals surface area contributed by atoms with E-state index in [0.717, 1.165) is 51.1 Å².